The third-order valence-electron chi connectivity index (χ3n) is 6.64. The van der Waals surface area contributed by atoms with Gasteiger partial charge in [-0.2, -0.15) is 9.37 Å². The molecule has 0 spiro atoms. The zero-order chi connectivity index (χ0) is 27.7. The van der Waals surface area contributed by atoms with E-state index in [2.05, 4.69) is 15.0 Å². The van der Waals surface area contributed by atoms with Crippen LogP contribution in [-0.4, -0.2) is 40.7 Å². The summed E-state index contributed by atoms with van der Waals surface area (Å²) in [7, 11) is 2.83. The Morgan fingerprint density at radius 2 is 1.59 bits per heavy atom. The molecule has 8 nitrogen and oxygen atoms in total. The van der Waals surface area contributed by atoms with Crippen LogP contribution in [0.3, 0.4) is 0 Å². The van der Waals surface area contributed by atoms with Gasteiger partial charge < -0.3 is 14.2 Å². The quantitative estimate of drug-likeness (QED) is 0.207. The highest BCUT2D eigenvalue weighted by Crippen LogP contribution is 2.49. The van der Waals surface area contributed by atoms with Crippen molar-refractivity contribution in [3.8, 4) is 23.3 Å². The monoisotopic (exact) mass is 537 g/mol. The van der Waals surface area contributed by atoms with Crippen LogP contribution < -0.4 is 14.2 Å². The molecule has 1 aliphatic rings. The van der Waals surface area contributed by atoms with Crippen LogP contribution in [0.25, 0.3) is 11.0 Å². The molecule has 0 saturated heterocycles. The van der Waals surface area contributed by atoms with Crippen LogP contribution in [0.1, 0.15) is 24.0 Å². The largest absolute Gasteiger partial charge is 0.491 e. The van der Waals surface area contributed by atoms with Crippen LogP contribution >= 0.6 is 0 Å². The molecule has 0 N–H and O–H groups in total. The van der Waals surface area contributed by atoms with Crippen LogP contribution in [0.15, 0.2) is 48.7 Å². The van der Waals surface area contributed by atoms with Gasteiger partial charge in [0.25, 0.3) is 11.8 Å². The van der Waals surface area contributed by atoms with Crippen LogP contribution in [0.4, 0.5) is 13.2 Å². The fourth-order valence-corrected chi connectivity index (χ4v) is 4.31. The number of ketones is 2. The van der Waals surface area contributed by atoms with Crippen LogP contribution in [0.5, 0.6) is 23.3 Å². The number of hydrogen-bond acceptors (Lipinski definition) is 8. The first-order chi connectivity index (χ1) is 18.7. The second kappa shape index (κ2) is 10.3. The Hall–Kier alpha value is -4.54. The highest BCUT2D eigenvalue weighted by atomic mass is 19.1. The van der Waals surface area contributed by atoms with Gasteiger partial charge in [-0.3, -0.25) is 14.6 Å². The molecule has 1 fully saturated rings. The number of hydrogen-bond donors (Lipinski definition) is 0. The Labute approximate surface area is 220 Å². The van der Waals surface area contributed by atoms with E-state index >= 15 is 0 Å². The van der Waals surface area contributed by atoms with Crippen molar-refractivity contribution < 1.29 is 37.0 Å². The van der Waals surface area contributed by atoms with Gasteiger partial charge in [-0.1, -0.05) is 12.1 Å². The number of carbonyl (C=O) groups is 2. The van der Waals surface area contributed by atoms with Crippen molar-refractivity contribution in [1.29, 1.82) is 0 Å². The molecule has 1 saturated carbocycles. The van der Waals surface area contributed by atoms with Crippen LogP contribution in [0.2, 0.25) is 0 Å². The number of benzene rings is 1. The van der Waals surface area contributed by atoms with E-state index in [0.717, 1.165) is 6.07 Å². The number of rotatable bonds is 10. The number of ether oxygens (including phenoxy) is 3. The van der Waals surface area contributed by atoms with E-state index < -0.39 is 41.1 Å². The summed E-state index contributed by atoms with van der Waals surface area (Å²) in [5.74, 6) is -3.57. The van der Waals surface area contributed by atoms with Gasteiger partial charge in [-0.15, -0.1) is 0 Å². The van der Waals surface area contributed by atoms with Crippen molar-refractivity contribution in [3.05, 3.63) is 77.4 Å². The van der Waals surface area contributed by atoms with Crippen molar-refractivity contribution in [2.45, 2.75) is 25.7 Å². The third kappa shape index (κ3) is 5.12. The minimum atomic E-state index is -1.26. The van der Waals surface area contributed by atoms with Gasteiger partial charge in [0.05, 0.1) is 25.2 Å². The lowest BCUT2D eigenvalue weighted by molar-refractivity contribution is -0.133. The maximum absolute atomic E-state index is 15.0. The average molecular weight is 537 g/mol. The van der Waals surface area contributed by atoms with E-state index in [-0.39, 0.29) is 34.9 Å². The number of Topliss-reactive ketones (excluding diaryl/α,β-unsaturated/α-hetero) is 2. The molecule has 3 aromatic heterocycles. The number of halogens is 3. The number of carbonyl (C=O) groups excluding carboxylic acids is 2. The summed E-state index contributed by atoms with van der Waals surface area (Å²) < 4.78 is 59.0. The molecular weight excluding hydrogens is 515 g/mol. The van der Waals surface area contributed by atoms with Gasteiger partial charge in [0.15, 0.2) is 28.9 Å². The summed E-state index contributed by atoms with van der Waals surface area (Å²) in [4.78, 5) is 37.9. The highest BCUT2D eigenvalue weighted by molar-refractivity contribution is 6.10. The van der Waals surface area contributed by atoms with Gasteiger partial charge in [0, 0.05) is 36.7 Å². The summed E-state index contributed by atoms with van der Waals surface area (Å²) in [6.07, 6.45) is 1.47. The third-order valence-corrected chi connectivity index (χ3v) is 6.64. The van der Waals surface area contributed by atoms with Crippen molar-refractivity contribution >= 4 is 22.6 Å². The average Bonchev–Trinajstić information content (AvgIpc) is 3.74. The Kier molecular flexibility index (Phi) is 6.90. The van der Waals surface area contributed by atoms with Crippen molar-refractivity contribution in [2.75, 3.05) is 14.2 Å². The molecule has 0 bridgehead atoms. The fraction of sp³-hybridized carbons (Fsp3) is 0.250. The van der Waals surface area contributed by atoms with E-state index in [1.54, 1.807) is 6.07 Å². The smallest absolute Gasteiger partial charge is 0.258 e. The molecule has 0 unspecified atom stereocenters. The first kappa shape index (κ1) is 26.1. The Morgan fingerprint density at radius 3 is 2.26 bits per heavy atom. The minimum Gasteiger partial charge on any atom is -0.491 e. The zero-order valence-corrected chi connectivity index (χ0v) is 21.0. The number of methoxy groups -OCH3 is 2. The first-order valence-corrected chi connectivity index (χ1v) is 12.0. The summed E-state index contributed by atoms with van der Waals surface area (Å²) in [5.41, 5.74) is -0.432. The van der Waals surface area contributed by atoms with E-state index in [1.807, 2.05) is 0 Å². The minimum absolute atomic E-state index is 0.0407. The SMILES string of the molecule is COc1cc2nccc(Oc3nc(F)c(CC(=O)C4(C(=O)Cc5ccc(F)cc5)CC4)cc3F)c2nc1OC. The molecular formula is C28H22F3N3O5. The van der Waals surface area contributed by atoms with E-state index in [4.69, 9.17) is 14.2 Å². The Balaban J connectivity index is 1.35. The van der Waals surface area contributed by atoms with E-state index in [1.165, 1.54) is 50.7 Å². The van der Waals surface area contributed by atoms with Crippen molar-refractivity contribution in [2.24, 2.45) is 5.41 Å². The second-order valence-electron chi connectivity index (χ2n) is 9.11. The fourth-order valence-electron chi connectivity index (χ4n) is 4.31. The molecule has 200 valence electrons. The molecule has 0 amide bonds. The molecule has 5 rings (SSSR count). The summed E-state index contributed by atoms with van der Waals surface area (Å²) in [6.45, 7) is 0. The molecule has 0 radical (unpaired) electrons. The van der Waals surface area contributed by atoms with Gasteiger partial charge in [0.2, 0.25) is 5.95 Å². The lowest BCUT2D eigenvalue weighted by Crippen LogP contribution is -2.29. The predicted molar refractivity (Wildman–Crippen MR) is 132 cm³/mol. The molecule has 0 atom stereocenters. The Bertz CT molecular complexity index is 1590. The number of fused-ring (bicyclic) bond motifs is 1. The van der Waals surface area contributed by atoms with E-state index in [0.29, 0.717) is 29.7 Å². The summed E-state index contributed by atoms with van der Waals surface area (Å²) in [6, 6.07) is 9.19. The van der Waals surface area contributed by atoms with Gasteiger partial charge >= 0.3 is 0 Å². The van der Waals surface area contributed by atoms with Crippen molar-refractivity contribution in [1.82, 2.24) is 15.0 Å². The number of aromatic nitrogens is 3. The van der Waals surface area contributed by atoms with Crippen LogP contribution in [0, 0.1) is 23.0 Å². The standard InChI is InChI=1S/C28H22F3N3O5/c1-37-21-14-19-24(33-27(21)38-2)20(7-10-32-19)39-26-18(30)12-16(25(31)34-26)13-23(36)28(8-9-28)22(35)11-15-3-5-17(29)6-4-15/h3-7,10,12,14H,8-9,11,13H2,1-2H3. The maximum Gasteiger partial charge on any atom is 0.258 e. The van der Waals surface area contributed by atoms with Crippen molar-refractivity contribution in [3.63, 3.8) is 0 Å². The van der Waals surface area contributed by atoms with E-state index in [9.17, 15) is 22.8 Å². The molecule has 4 aromatic rings. The number of nitrogens with zero attached hydrogens (tertiary/aromatic N) is 3. The lowest BCUT2D eigenvalue weighted by Gasteiger charge is -2.14. The lowest BCUT2D eigenvalue weighted by atomic mass is 9.88. The van der Waals surface area contributed by atoms with Gasteiger partial charge in [-0.25, -0.2) is 13.8 Å². The first-order valence-electron chi connectivity index (χ1n) is 12.0. The molecule has 11 heteroatoms. The number of pyridine rings is 3. The van der Waals surface area contributed by atoms with Gasteiger partial charge in [-0.05, 0) is 36.6 Å². The molecule has 3 heterocycles. The normalized spacial score (nSPS) is 13.7. The maximum atomic E-state index is 15.0. The van der Waals surface area contributed by atoms with Crippen LogP contribution in [-0.2, 0) is 22.4 Å². The summed E-state index contributed by atoms with van der Waals surface area (Å²) in [5, 5.41) is 0. The zero-order valence-electron chi connectivity index (χ0n) is 21.0. The predicted octanol–water partition coefficient (Wildman–Crippen LogP) is 4.96. The highest BCUT2D eigenvalue weighted by Gasteiger charge is 2.54. The topological polar surface area (TPSA) is 100 Å². The molecule has 1 aromatic carbocycles. The molecule has 0 aliphatic heterocycles. The Morgan fingerprint density at radius 1 is 0.872 bits per heavy atom. The molecule has 39 heavy (non-hydrogen) atoms. The second-order valence-corrected chi connectivity index (χ2v) is 9.11. The van der Waals surface area contributed by atoms with Gasteiger partial charge in [0.1, 0.15) is 11.3 Å². The summed E-state index contributed by atoms with van der Waals surface area (Å²) >= 11 is 0. The molecule has 1 aliphatic carbocycles.